The van der Waals surface area contributed by atoms with Crippen LogP contribution in [-0.2, 0) is 9.53 Å². The van der Waals surface area contributed by atoms with Crippen molar-refractivity contribution in [2.75, 3.05) is 0 Å². The predicted octanol–water partition coefficient (Wildman–Crippen LogP) is 3.42. The Bertz CT molecular complexity index is 412. The van der Waals surface area contributed by atoms with Crippen LogP contribution in [0, 0.1) is 0 Å². The zero-order valence-corrected chi connectivity index (χ0v) is 10.0. The molecular weight excluding hydrogens is 212 g/mol. The van der Waals surface area contributed by atoms with E-state index in [4.69, 9.17) is 4.74 Å². The van der Waals surface area contributed by atoms with Gasteiger partial charge in [-0.25, -0.2) is 0 Å². The third kappa shape index (κ3) is 1.86. The smallest absolute Gasteiger partial charge is 0.306 e. The Labute approximate surface area is 102 Å². The van der Waals surface area contributed by atoms with Crippen LogP contribution in [0.2, 0.25) is 0 Å². The third-order valence-electron chi connectivity index (χ3n) is 4.25. The van der Waals surface area contributed by atoms with Gasteiger partial charge in [0.25, 0.3) is 0 Å². The monoisotopic (exact) mass is 230 g/mol. The maximum absolute atomic E-state index is 11.5. The molecule has 0 bridgehead atoms. The van der Waals surface area contributed by atoms with Gasteiger partial charge in [0.05, 0.1) is 0 Å². The fraction of sp³-hybridized carbons (Fsp3) is 0.533. The third-order valence-corrected chi connectivity index (χ3v) is 4.25. The highest BCUT2D eigenvalue weighted by atomic mass is 16.6. The summed E-state index contributed by atoms with van der Waals surface area (Å²) in [7, 11) is 0. The van der Waals surface area contributed by atoms with E-state index in [2.05, 4.69) is 24.3 Å². The molecule has 1 heterocycles. The first-order valence-electron chi connectivity index (χ1n) is 6.57. The summed E-state index contributed by atoms with van der Waals surface area (Å²) < 4.78 is 5.72. The summed E-state index contributed by atoms with van der Waals surface area (Å²) in [6.45, 7) is 0. The molecule has 0 unspecified atom stereocenters. The van der Waals surface area contributed by atoms with Crippen LogP contribution in [0.1, 0.15) is 50.0 Å². The second-order valence-electron chi connectivity index (χ2n) is 5.25. The number of hydrogen-bond donors (Lipinski definition) is 0. The molecule has 0 aromatic heterocycles. The summed E-state index contributed by atoms with van der Waals surface area (Å²) in [6, 6.07) is 10.5. The molecule has 1 spiro atoms. The minimum Gasteiger partial charge on any atom is -0.458 e. The highest BCUT2D eigenvalue weighted by Crippen LogP contribution is 2.48. The van der Waals surface area contributed by atoms with Crippen LogP contribution in [0.25, 0.3) is 0 Å². The highest BCUT2D eigenvalue weighted by Gasteiger charge is 2.48. The summed E-state index contributed by atoms with van der Waals surface area (Å²) in [6.07, 6.45) is 6.14. The van der Waals surface area contributed by atoms with Crippen molar-refractivity contribution in [2.24, 2.45) is 0 Å². The molecular formula is C15H18O2. The molecule has 1 aliphatic heterocycles. The SMILES string of the molecule is O=C1CC[C@@]2(CCCC[C@@H]2c2ccccc2)O1. The maximum atomic E-state index is 11.5. The first-order valence-corrected chi connectivity index (χ1v) is 6.57. The van der Waals surface area contributed by atoms with Gasteiger partial charge in [0.1, 0.15) is 5.60 Å². The van der Waals surface area contributed by atoms with Gasteiger partial charge in [-0.3, -0.25) is 4.79 Å². The van der Waals surface area contributed by atoms with Crippen LogP contribution in [0.3, 0.4) is 0 Å². The van der Waals surface area contributed by atoms with Crippen molar-refractivity contribution in [2.45, 2.75) is 50.0 Å². The van der Waals surface area contributed by atoms with Gasteiger partial charge in [0, 0.05) is 12.3 Å². The van der Waals surface area contributed by atoms with Crippen molar-refractivity contribution < 1.29 is 9.53 Å². The van der Waals surface area contributed by atoms with Gasteiger partial charge < -0.3 is 4.74 Å². The zero-order valence-electron chi connectivity index (χ0n) is 10.0. The average molecular weight is 230 g/mol. The van der Waals surface area contributed by atoms with Gasteiger partial charge in [0.2, 0.25) is 0 Å². The van der Waals surface area contributed by atoms with E-state index in [1.54, 1.807) is 0 Å². The Kier molecular flexibility index (Phi) is 2.65. The Morgan fingerprint density at radius 1 is 1.12 bits per heavy atom. The Morgan fingerprint density at radius 3 is 2.65 bits per heavy atom. The lowest BCUT2D eigenvalue weighted by atomic mass is 9.71. The molecule has 1 aromatic rings. The van der Waals surface area contributed by atoms with Crippen molar-refractivity contribution in [3.05, 3.63) is 35.9 Å². The van der Waals surface area contributed by atoms with Crippen LogP contribution < -0.4 is 0 Å². The molecule has 2 nitrogen and oxygen atoms in total. The van der Waals surface area contributed by atoms with Gasteiger partial charge in [0.15, 0.2) is 0 Å². The number of hydrogen-bond acceptors (Lipinski definition) is 2. The number of benzene rings is 1. The van der Waals surface area contributed by atoms with E-state index in [1.807, 2.05) is 6.07 Å². The Hall–Kier alpha value is -1.31. The zero-order chi connectivity index (χ0) is 11.7. The van der Waals surface area contributed by atoms with E-state index in [9.17, 15) is 4.79 Å². The van der Waals surface area contributed by atoms with E-state index in [0.29, 0.717) is 12.3 Å². The largest absolute Gasteiger partial charge is 0.458 e. The maximum Gasteiger partial charge on any atom is 0.306 e. The summed E-state index contributed by atoms with van der Waals surface area (Å²) >= 11 is 0. The molecule has 1 aromatic carbocycles. The summed E-state index contributed by atoms with van der Waals surface area (Å²) in [5.41, 5.74) is 1.15. The number of esters is 1. The highest BCUT2D eigenvalue weighted by molar-refractivity contribution is 5.72. The predicted molar refractivity (Wildman–Crippen MR) is 65.7 cm³/mol. The first-order chi connectivity index (χ1) is 8.30. The van der Waals surface area contributed by atoms with Gasteiger partial charge in [-0.2, -0.15) is 0 Å². The lowest BCUT2D eigenvalue weighted by Gasteiger charge is -2.40. The van der Waals surface area contributed by atoms with Gasteiger partial charge >= 0.3 is 5.97 Å². The van der Waals surface area contributed by atoms with Crippen molar-refractivity contribution in [3.63, 3.8) is 0 Å². The first kappa shape index (κ1) is 10.8. The molecule has 3 rings (SSSR count). The second kappa shape index (κ2) is 4.17. The van der Waals surface area contributed by atoms with Crippen molar-refractivity contribution in [1.82, 2.24) is 0 Å². The van der Waals surface area contributed by atoms with Crippen LogP contribution >= 0.6 is 0 Å². The average Bonchev–Trinajstić information content (AvgIpc) is 2.73. The molecule has 2 aliphatic rings. The molecule has 0 amide bonds. The summed E-state index contributed by atoms with van der Waals surface area (Å²) in [5.74, 6) is 0.400. The minimum absolute atomic E-state index is 0.00664. The molecule has 2 atom stereocenters. The molecule has 0 radical (unpaired) electrons. The van der Waals surface area contributed by atoms with Gasteiger partial charge in [-0.1, -0.05) is 36.8 Å². The molecule has 90 valence electrons. The van der Waals surface area contributed by atoms with Crippen LogP contribution in [0.15, 0.2) is 30.3 Å². The van der Waals surface area contributed by atoms with Gasteiger partial charge in [-0.05, 0) is 31.2 Å². The standard InChI is InChI=1S/C15H18O2/c16-14-9-11-15(17-14)10-5-4-8-13(15)12-6-2-1-3-7-12/h1-3,6-7,13H,4-5,8-11H2/t13-,15-/m1/s1. The number of carbonyl (C=O) groups is 1. The van der Waals surface area contributed by atoms with Crippen LogP contribution in [0.4, 0.5) is 0 Å². The Balaban J connectivity index is 1.93. The van der Waals surface area contributed by atoms with Crippen molar-refractivity contribution >= 4 is 5.97 Å². The number of carbonyl (C=O) groups excluding carboxylic acids is 1. The molecule has 1 saturated carbocycles. The van der Waals surface area contributed by atoms with Gasteiger partial charge in [-0.15, -0.1) is 0 Å². The van der Waals surface area contributed by atoms with E-state index in [-0.39, 0.29) is 11.6 Å². The van der Waals surface area contributed by atoms with E-state index in [1.165, 1.54) is 18.4 Å². The normalized spacial score (nSPS) is 32.7. The summed E-state index contributed by atoms with van der Waals surface area (Å²) in [4.78, 5) is 11.5. The van der Waals surface area contributed by atoms with Crippen molar-refractivity contribution in [1.29, 1.82) is 0 Å². The molecule has 1 saturated heterocycles. The lowest BCUT2D eigenvalue weighted by Crippen LogP contribution is -2.38. The minimum atomic E-state index is -0.184. The topological polar surface area (TPSA) is 26.3 Å². The Morgan fingerprint density at radius 2 is 1.94 bits per heavy atom. The van der Waals surface area contributed by atoms with E-state index in [0.717, 1.165) is 19.3 Å². The molecule has 2 fully saturated rings. The quantitative estimate of drug-likeness (QED) is 0.691. The van der Waals surface area contributed by atoms with Crippen molar-refractivity contribution in [3.8, 4) is 0 Å². The lowest BCUT2D eigenvalue weighted by molar-refractivity contribution is -0.152. The fourth-order valence-electron chi connectivity index (χ4n) is 3.43. The number of rotatable bonds is 1. The second-order valence-corrected chi connectivity index (χ2v) is 5.25. The summed E-state index contributed by atoms with van der Waals surface area (Å²) in [5, 5.41) is 0. The molecule has 1 aliphatic carbocycles. The fourth-order valence-corrected chi connectivity index (χ4v) is 3.43. The molecule has 0 N–H and O–H groups in total. The molecule has 17 heavy (non-hydrogen) atoms. The van der Waals surface area contributed by atoms with E-state index >= 15 is 0 Å². The number of ether oxygens (including phenoxy) is 1. The molecule has 2 heteroatoms. The van der Waals surface area contributed by atoms with Crippen LogP contribution in [-0.4, -0.2) is 11.6 Å². The van der Waals surface area contributed by atoms with E-state index < -0.39 is 0 Å². The van der Waals surface area contributed by atoms with Crippen LogP contribution in [0.5, 0.6) is 0 Å².